The monoisotopic (exact) mass is 335 g/mol. The zero-order valence-electron chi connectivity index (χ0n) is 14.7. The number of hydrogen-bond acceptors (Lipinski definition) is 6. The molecule has 0 bridgehead atoms. The third-order valence-electron chi connectivity index (χ3n) is 3.63. The zero-order chi connectivity index (χ0) is 17.7. The molecule has 1 N–H and O–H groups in total. The van der Waals surface area contributed by atoms with Gasteiger partial charge in [0.1, 0.15) is 11.4 Å². The smallest absolute Gasteiger partial charge is 0.407 e. The van der Waals surface area contributed by atoms with Crippen molar-refractivity contribution in [3.05, 3.63) is 23.9 Å². The first-order valence-corrected chi connectivity index (χ1v) is 8.07. The lowest BCUT2D eigenvalue weighted by Gasteiger charge is -2.34. The molecule has 0 saturated carbocycles. The lowest BCUT2D eigenvalue weighted by atomic mass is 10.1. The normalized spacial score (nSPS) is 18.0. The van der Waals surface area contributed by atoms with E-state index < -0.39 is 11.7 Å². The number of carbonyl (C=O) groups is 2. The van der Waals surface area contributed by atoms with Gasteiger partial charge in [-0.3, -0.25) is 0 Å². The third kappa shape index (κ3) is 5.11. The van der Waals surface area contributed by atoms with E-state index in [0.717, 1.165) is 19.4 Å². The lowest BCUT2D eigenvalue weighted by molar-refractivity contribution is 0.0499. The van der Waals surface area contributed by atoms with Crippen LogP contribution in [0.1, 0.15) is 44.0 Å². The van der Waals surface area contributed by atoms with Gasteiger partial charge in [-0.15, -0.1) is 0 Å². The predicted molar refractivity (Wildman–Crippen MR) is 90.2 cm³/mol. The molecule has 0 radical (unpaired) electrons. The van der Waals surface area contributed by atoms with Crippen LogP contribution in [-0.4, -0.2) is 48.9 Å². The Kier molecular flexibility index (Phi) is 5.64. The Labute approximate surface area is 142 Å². The van der Waals surface area contributed by atoms with Crippen LogP contribution in [-0.2, 0) is 9.47 Å². The molecule has 1 fully saturated rings. The number of hydrogen-bond donors (Lipinski definition) is 1. The first-order valence-electron chi connectivity index (χ1n) is 8.07. The van der Waals surface area contributed by atoms with Crippen LogP contribution in [0.2, 0.25) is 0 Å². The number of nitrogens with one attached hydrogen (secondary N) is 1. The maximum atomic E-state index is 11.9. The van der Waals surface area contributed by atoms with Crippen molar-refractivity contribution in [2.24, 2.45) is 0 Å². The average molecular weight is 335 g/mol. The maximum absolute atomic E-state index is 11.9. The van der Waals surface area contributed by atoms with Crippen molar-refractivity contribution in [1.82, 2.24) is 10.3 Å². The first kappa shape index (κ1) is 18.0. The topological polar surface area (TPSA) is 80.8 Å². The second kappa shape index (κ2) is 7.51. The summed E-state index contributed by atoms with van der Waals surface area (Å²) < 4.78 is 10.0. The van der Waals surface area contributed by atoms with Crippen LogP contribution in [0.5, 0.6) is 0 Å². The minimum atomic E-state index is -0.519. The highest BCUT2D eigenvalue weighted by Crippen LogP contribution is 2.19. The molecule has 0 aliphatic carbocycles. The molecule has 1 aromatic heterocycles. The summed E-state index contributed by atoms with van der Waals surface area (Å²) in [6, 6.07) is 3.31. The molecule has 7 heteroatoms. The first-order chi connectivity index (χ1) is 11.3. The molecule has 0 aromatic carbocycles. The molecule has 2 heterocycles. The van der Waals surface area contributed by atoms with E-state index in [9.17, 15) is 9.59 Å². The minimum Gasteiger partial charge on any atom is -0.465 e. The highest BCUT2D eigenvalue weighted by atomic mass is 16.6. The average Bonchev–Trinajstić information content (AvgIpc) is 2.52. The largest absolute Gasteiger partial charge is 0.465 e. The highest BCUT2D eigenvalue weighted by molar-refractivity contribution is 5.90. The third-order valence-corrected chi connectivity index (χ3v) is 3.63. The number of methoxy groups -OCH3 is 1. The van der Waals surface area contributed by atoms with Crippen molar-refractivity contribution < 1.29 is 19.1 Å². The summed E-state index contributed by atoms with van der Waals surface area (Å²) in [5, 5.41) is 2.90. The molecule has 2 rings (SSSR count). The minimum absolute atomic E-state index is 0.0165. The molecular weight excluding hydrogens is 310 g/mol. The SMILES string of the molecule is COC(=O)c1ccnc(N2CCC[C@H](NC(=O)OC(C)(C)C)C2)c1. The van der Waals surface area contributed by atoms with Gasteiger partial charge in [0.05, 0.1) is 12.7 Å². The Morgan fingerprint density at radius 1 is 1.38 bits per heavy atom. The van der Waals surface area contributed by atoms with E-state index in [-0.39, 0.29) is 12.0 Å². The molecule has 0 unspecified atom stereocenters. The molecule has 24 heavy (non-hydrogen) atoms. The lowest BCUT2D eigenvalue weighted by Crippen LogP contribution is -2.49. The summed E-state index contributed by atoms with van der Waals surface area (Å²) in [4.78, 5) is 30.0. The van der Waals surface area contributed by atoms with Crippen LogP contribution >= 0.6 is 0 Å². The molecule has 0 spiro atoms. The molecule has 1 aliphatic heterocycles. The number of alkyl carbamates (subject to hydrolysis) is 1. The summed E-state index contributed by atoms with van der Waals surface area (Å²) in [5.74, 6) is 0.313. The fraction of sp³-hybridized carbons (Fsp3) is 0.588. The zero-order valence-corrected chi connectivity index (χ0v) is 14.7. The number of amides is 1. The Bertz CT molecular complexity index is 598. The van der Waals surface area contributed by atoms with Crippen molar-refractivity contribution in [2.75, 3.05) is 25.1 Å². The number of pyridine rings is 1. The summed E-state index contributed by atoms with van der Waals surface area (Å²) >= 11 is 0. The second-order valence-electron chi connectivity index (χ2n) is 6.83. The fourth-order valence-corrected chi connectivity index (χ4v) is 2.61. The molecule has 7 nitrogen and oxygen atoms in total. The van der Waals surface area contributed by atoms with E-state index in [1.54, 1.807) is 18.3 Å². The van der Waals surface area contributed by atoms with E-state index >= 15 is 0 Å². The van der Waals surface area contributed by atoms with Crippen molar-refractivity contribution in [3.8, 4) is 0 Å². The predicted octanol–water partition coefficient (Wildman–Crippen LogP) is 2.36. The maximum Gasteiger partial charge on any atom is 0.407 e. The van der Waals surface area contributed by atoms with Gasteiger partial charge < -0.3 is 19.7 Å². The summed E-state index contributed by atoms with van der Waals surface area (Å²) in [6.07, 6.45) is 2.98. The second-order valence-corrected chi connectivity index (χ2v) is 6.83. The molecule has 1 saturated heterocycles. The van der Waals surface area contributed by atoms with Crippen LogP contribution < -0.4 is 10.2 Å². The van der Waals surface area contributed by atoms with E-state index in [1.807, 2.05) is 20.8 Å². The Morgan fingerprint density at radius 3 is 2.79 bits per heavy atom. The molecular formula is C17H25N3O4. The van der Waals surface area contributed by atoms with Crippen molar-refractivity contribution in [1.29, 1.82) is 0 Å². The number of ether oxygens (including phenoxy) is 2. The highest BCUT2D eigenvalue weighted by Gasteiger charge is 2.25. The quantitative estimate of drug-likeness (QED) is 0.854. The number of anilines is 1. The standard InChI is InChI=1S/C17H25N3O4/c1-17(2,3)24-16(22)19-13-6-5-9-20(11-13)14-10-12(7-8-18-14)15(21)23-4/h7-8,10,13H,5-6,9,11H2,1-4H3,(H,19,22)/t13-/m0/s1. The van der Waals surface area contributed by atoms with Gasteiger partial charge >= 0.3 is 12.1 Å². The van der Waals surface area contributed by atoms with E-state index in [0.29, 0.717) is 17.9 Å². The van der Waals surface area contributed by atoms with E-state index in [2.05, 4.69) is 15.2 Å². The van der Waals surface area contributed by atoms with Crippen molar-refractivity contribution >= 4 is 17.9 Å². The number of aromatic nitrogens is 1. The van der Waals surface area contributed by atoms with Gasteiger partial charge in [0.15, 0.2) is 0 Å². The number of rotatable bonds is 3. The Morgan fingerprint density at radius 2 is 2.12 bits per heavy atom. The molecule has 1 atom stereocenters. The van der Waals surface area contributed by atoms with Gasteiger partial charge in [-0.2, -0.15) is 0 Å². The molecule has 1 amide bonds. The van der Waals surface area contributed by atoms with Crippen LogP contribution in [0.15, 0.2) is 18.3 Å². The van der Waals surface area contributed by atoms with Crippen LogP contribution in [0.3, 0.4) is 0 Å². The van der Waals surface area contributed by atoms with E-state index in [4.69, 9.17) is 9.47 Å². The Balaban J connectivity index is 2.00. The summed E-state index contributed by atoms with van der Waals surface area (Å²) in [5.41, 5.74) is -0.0563. The fourth-order valence-electron chi connectivity index (χ4n) is 2.61. The van der Waals surface area contributed by atoms with Gasteiger partial charge in [-0.1, -0.05) is 0 Å². The van der Waals surface area contributed by atoms with Gasteiger partial charge in [-0.05, 0) is 45.7 Å². The van der Waals surface area contributed by atoms with Crippen LogP contribution in [0.25, 0.3) is 0 Å². The summed E-state index contributed by atoms with van der Waals surface area (Å²) in [7, 11) is 1.35. The van der Waals surface area contributed by atoms with Crippen LogP contribution in [0.4, 0.5) is 10.6 Å². The van der Waals surface area contributed by atoms with Gasteiger partial charge in [0, 0.05) is 25.3 Å². The molecule has 1 aliphatic rings. The van der Waals surface area contributed by atoms with Crippen molar-refractivity contribution in [2.45, 2.75) is 45.3 Å². The summed E-state index contributed by atoms with van der Waals surface area (Å²) in [6.45, 7) is 6.95. The molecule has 132 valence electrons. The number of carbonyl (C=O) groups excluding carboxylic acids is 2. The van der Waals surface area contributed by atoms with Gasteiger partial charge in [0.2, 0.25) is 0 Å². The Hall–Kier alpha value is -2.31. The number of piperidine rings is 1. The van der Waals surface area contributed by atoms with Gasteiger partial charge in [-0.25, -0.2) is 14.6 Å². The van der Waals surface area contributed by atoms with Gasteiger partial charge in [0.25, 0.3) is 0 Å². The van der Waals surface area contributed by atoms with E-state index in [1.165, 1.54) is 7.11 Å². The van der Waals surface area contributed by atoms with Crippen LogP contribution in [0, 0.1) is 0 Å². The number of nitrogens with zero attached hydrogens (tertiary/aromatic N) is 2. The van der Waals surface area contributed by atoms with Crippen molar-refractivity contribution in [3.63, 3.8) is 0 Å². The molecule has 1 aromatic rings. The number of esters is 1.